The van der Waals surface area contributed by atoms with Gasteiger partial charge >= 0.3 is 0 Å². The SMILES string of the molecule is CCCCCCCCCCC(CC(O)CC)S(=O)(=O)O. The van der Waals surface area contributed by atoms with Gasteiger partial charge in [-0.25, -0.2) is 0 Å². The highest BCUT2D eigenvalue weighted by Gasteiger charge is 2.24. The maximum absolute atomic E-state index is 11.3. The van der Waals surface area contributed by atoms with Crippen LogP contribution in [0.5, 0.6) is 0 Å². The van der Waals surface area contributed by atoms with Crippen molar-refractivity contribution in [1.29, 1.82) is 0 Å². The van der Waals surface area contributed by atoms with E-state index in [9.17, 15) is 18.1 Å². The van der Waals surface area contributed by atoms with Crippen LogP contribution in [-0.2, 0) is 10.1 Å². The van der Waals surface area contributed by atoms with E-state index >= 15 is 0 Å². The Labute approximate surface area is 124 Å². The van der Waals surface area contributed by atoms with Gasteiger partial charge in [-0.2, -0.15) is 8.42 Å². The third-order valence-corrected chi connectivity index (χ3v) is 5.08. The smallest absolute Gasteiger partial charge is 0.267 e. The summed E-state index contributed by atoms with van der Waals surface area (Å²) in [6, 6.07) is 0. The molecule has 0 fully saturated rings. The van der Waals surface area contributed by atoms with E-state index in [0.29, 0.717) is 12.8 Å². The van der Waals surface area contributed by atoms with Crippen LogP contribution < -0.4 is 0 Å². The van der Waals surface area contributed by atoms with Crippen LogP contribution in [-0.4, -0.2) is 29.4 Å². The molecule has 0 spiro atoms. The van der Waals surface area contributed by atoms with Gasteiger partial charge in [0.1, 0.15) is 0 Å². The molecule has 5 heteroatoms. The minimum atomic E-state index is -4.03. The van der Waals surface area contributed by atoms with E-state index in [1.54, 1.807) is 0 Å². The normalized spacial score (nSPS) is 15.2. The van der Waals surface area contributed by atoms with E-state index in [1.165, 1.54) is 32.1 Å². The summed E-state index contributed by atoms with van der Waals surface area (Å²) in [4.78, 5) is 0. The average molecular weight is 308 g/mol. The maximum Gasteiger partial charge on any atom is 0.267 e. The second-order valence-corrected chi connectivity index (χ2v) is 7.39. The predicted octanol–water partition coefficient (Wildman–Crippen LogP) is 3.93. The molecule has 0 aliphatic rings. The summed E-state index contributed by atoms with van der Waals surface area (Å²) in [5.41, 5.74) is 0. The fourth-order valence-electron chi connectivity index (χ4n) is 2.36. The van der Waals surface area contributed by atoms with E-state index in [0.717, 1.165) is 19.3 Å². The Bertz CT molecular complexity index is 314. The molecular formula is C15H32O4S. The summed E-state index contributed by atoms with van der Waals surface area (Å²) >= 11 is 0. The van der Waals surface area contributed by atoms with Crippen molar-refractivity contribution in [3.05, 3.63) is 0 Å². The fraction of sp³-hybridized carbons (Fsp3) is 1.00. The largest absolute Gasteiger partial charge is 0.393 e. The van der Waals surface area contributed by atoms with Crippen molar-refractivity contribution in [2.75, 3.05) is 0 Å². The van der Waals surface area contributed by atoms with Gasteiger partial charge in [-0.05, 0) is 19.3 Å². The number of hydrogen-bond acceptors (Lipinski definition) is 3. The number of aliphatic hydroxyl groups excluding tert-OH is 1. The summed E-state index contributed by atoms with van der Waals surface area (Å²) in [7, 11) is -4.03. The first-order valence-electron chi connectivity index (χ1n) is 8.06. The van der Waals surface area contributed by atoms with E-state index in [2.05, 4.69) is 6.92 Å². The Morgan fingerprint density at radius 2 is 1.40 bits per heavy atom. The van der Waals surface area contributed by atoms with Crippen molar-refractivity contribution in [2.24, 2.45) is 0 Å². The first kappa shape index (κ1) is 19.9. The van der Waals surface area contributed by atoms with Crippen LogP contribution in [0.3, 0.4) is 0 Å². The van der Waals surface area contributed by atoms with Crippen LogP contribution in [0.1, 0.15) is 84.5 Å². The predicted molar refractivity (Wildman–Crippen MR) is 83.5 cm³/mol. The third-order valence-electron chi connectivity index (χ3n) is 3.81. The van der Waals surface area contributed by atoms with Gasteiger partial charge in [0.25, 0.3) is 10.1 Å². The molecule has 0 saturated carbocycles. The molecule has 0 aliphatic carbocycles. The van der Waals surface area contributed by atoms with E-state index < -0.39 is 21.5 Å². The van der Waals surface area contributed by atoms with Crippen molar-refractivity contribution >= 4 is 10.1 Å². The van der Waals surface area contributed by atoms with Crippen molar-refractivity contribution in [3.8, 4) is 0 Å². The Hall–Kier alpha value is -0.130. The summed E-state index contributed by atoms with van der Waals surface area (Å²) in [5.74, 6) is 0. The lowest BCUT2D eigenvalue weighted by Gasteiger charge is -2.16. The molecule has 0 saturated heterocycles. The molecule has 0 rings (SSSR count). The number of unbranched alkanes of at least 4 members (excludes halogenated alkanes) is 7. The van der Waals surface area contributed by atoms with Crippen molar-refractivity contribution in [3.63, 3.8) is 0 Å². The fourth-order valence-corrected chi connectivity index (χ4v) is 3.29. The van der Waals surface area contributed by atoms with E-state index in [1.807, 2.05) is 6.92 Å². The Kier molecular flexibility index (Phi) is 11.4. The zero-order chi connectivity index (χ0) is 15.4. The highest BCUT2D eigenvalue weighted by molar-refractivity contribution is 7.86. The van der Waals surface area contributed by atoms with Crippen molar-refractivity contribution in [1.82, 2.24) is 0 Å². The molecule has 0 amide bonds. The second kappa shape index (κ2) is 11.5. The first-order chi connectivity index (χ1) is 9.41. The molecule has 0 aromatic carbocycles. The molecule has 20 heavy (non-hydrogen) atoms. The molecule has 0 bridgehead atoms. The monoisotopic (exact) mass is 308 g/mol. The zero-order valence-electron chi connectivity index (χ0n) is 13.1. The van der Waals surface area contributed by atoms with Gasteiger partial charge in [-0.3, -0.25) is 4.55 Å². The highest BCUT2D eigenvalue weighted by Crippen LogP contribution is 2.18. The quantitative estimate of drug-likeness (QED) is 0.399. The molecule has 2 unspecified atom stereocenters. The zero-order valence-corrected chi connectivity index (χ0v) is 13.9. The van der Waals surface area contributed by atoms with Crippen LogP contribution in [0, 0.1) is 0 Å². The molecule has 0 heterocycles. The standard InChI is InChI=1S/C15H32O4S/c1-3-5-6-7-8-9-10-11-12-15(20(17,18)19)13-14(16)4-2/h14-16H,3-13H2,1-2H3,(H,17,18,19). The van der Waals surface area contributed by atoms with Crippen molar-refractivity contribution in [2.45, 2.75) is 95.8 Å². The van der Waals surface area contributed by atoms with Crippen LogP contribution in [0.4, 0.5) is 0 Å². The van der Waals surface area contributed by atoms with E-state index in [4.69, 9.17) is 0 Å². The number of rotatable bonds is 13. The van der Waals surface area contributed by atoms with Gasteiger partial charge in [0, 0.05) is 0 Å². The van der Waals surface area contributed by atoms with Gasteiger partial charge in [-0.15, -0.1) is 0 Å². The van der Waals surface area contributed by atoms with Gasteiger partial charge in [0.2, 0.25) is 0 Å². The molecule has 122 valence electrons. The Balaban J connectivity index is 3.81. The molecule has 0 aromatic heterocycles. The molecule has 2 N–H and O–H groups in total. The van der Waals surface area contributed by atoms with Gasteiger partial charge < -0.3 is 5.11 Å². The van der Waals surface area contributed by atoms with Crippen molar-refractivity contribution < 1.29 is 18.1 Å². The molecule has 0 aromatic rings. The number of hydrogen-bond donors (Lipinski definition) is 2. The number of aliphatic hydroxyl groups is 1. The van der Waals surface area contributed by atoms with Gasteiger partial charge in [0.05, 0.1) is 11.4 Å². The lowest BCUT2D eigenvalue weighted by Crippen LogP contribution is -2.25. The summed E-state index contributed by atoms with van der Waals surface area (Å²) in [6.07, 6.45) is 9.67. The molecule has 2 atom stereocenters. The van der Waals surface area contributed by atoms with Gasteiger partial charge in [-0.1, -0.05) is 65.2 Å². The summed E-state index contributed by atoms with van der Waals surface area (Å²) < 4.78 is 31.7. The highest BCUT2D eigenvalue weighted by atomic mass is 32.2. The second-order valence-electron chi connectivity index (χ2n) is 5.70. The molecule has 4 nitrogen and oxygen atoms in total. The van der Waals surface area contributed by atoms with E-state index in [-0.39, 0.29) is 6.42 Å². The van der Waals surface area contributed by atoms with Crippen LogP contribution >= 0.6 is 0 Å². The average Bonchev–Trinajstić information content (AvgIpc) is 2.38. The first-order valence-corrected chi connectivity index (χ1v) is 9.56. The maximum atomic E-state index is 11.3. The summed E-state index contributed by atoms with van der Waals surface area (Å²) in [5, 5.41) is 8.73. The Morgan fingerprint density at radius 1 is 0.900 bits per heavy atom. The lowest BCUT2D eigenvalue weighted by atomic mass is 10.0. The molecule has 0 aliphatic heterocycles. The minimum Gasteiger partial charge on any atom is -0.393 e. The molecular weight excluding hydrogens is 276 g/mol. The molecule has 0 radical (unpaired) electrons. The minimum absolute atomic E-state index is 0.145. The van der Waals surface area contributed by atoms with Crippen LogP contribution in [0.15, 0.2) is 0 Å². The van der Waals surface area contributed by atoms with Crippen LogP contribution in [0.2, 0.25) is 0 Å². The Morgan fingerprint density at radius 3 is 1.85 bits per heavy atom. The summed E-state index contributed by atoms with van der Waals surface area (Å²) in [6.45, 7) is 4.00. The van der Waals surface area contributed by atoms with Crippen LogP contribution in [0.25, 0.3) is 0 Å². The van der Waals surface area contributed by atoms with Gasteiger partial charge in [0.15, 0.2) is 0 Å². The third kappa shape index (κ3) is 10.6. The topological polar surface area (TPSA) is 74.6 Å². The lowest BCUT2D eigenvalue weighted by molar-refractivity contribution is 0.156.